The van der Waals surface area contributed by atoms with Gasteiger partial charge in [0.1, 0.15) is 5.75 Å². The molecule has 106 valence electrons. The maximum Gasteiger partial charge on any atom is 0.119 e. The van der Waals surface area contributed by atoms with Gasteiger partial charge < -0.3 is 15.4 Å². The van der Waals surface area contributed by atoms with E-state index in [-0.39, 0.29) is 0 Å². The first-order valence-electron chi connectivity index (χ1n) is 7.51. The number of rotatable bonds is 7. The molecule has 0 bridgehead atoms. The predicted octanol–water partition coefficient (Wildman–Crippen LogP) is 2.56. The third kappa shape index (κ3) is 5.21. The lowest BCUT2D eigenvalue weighted by molar-refractivity contribution is 0.340. The summed E-state index contributed by atoms with van der Waals surface area (Å²) in [7, 11) is 0. The summed E-state index contributed by atoms with van der Waals surface area (Å²) in [4.78, 5) is 0. The Kier molecular flexibility index (Phi) is 6.18. The molecule has 1 fully saturated rings. The first-order chi connectivity index (χ1) is 9.38. The molecule has 2 rings (SSSR count). The van der Waals surface area contributed by atoms with Crippen LogP contribution in [0.3, 0.4) is 0 Å². The van der Waals surface area contributed by atoms with Crippen LogP contribution in [0.4, 0.5) is 0 Å². The Morgan fingerprint density at radius 2 is 1.95 bits per heavy atom. The summed E-state index contributed by atoms with van der Waals surface area (Å²) in [5.41, 5.74) is 1.33. The van der Waals surface area contributed by atoms with Crippen LogP contribution in [0.25, 0.3) is 0 Å². The highest BCUT2D eigenvalue weighted by atomic mass is 16.5. The van der Waals surface area contributed by atoms with Crippen LogP contribution in [-0.4, -0.2) is 26.2 Å². The molecule has 1 aromatic carbocycles. The van der Waals surface area contributed by atoms with Crippen LogP contribution in [0, 0.1) is 5.92 Å². The standard InChI is InChI=1S/C16H26N2O/c1-2-19-16-5-3-15(4-6-16)13-18-12-9-14-7-10-17-11-8-14/h3-6,14,17-18H,2,7-13H2,1H3. The largest absolute Gasteiger partial charge is 0.494 e. The van der Waals surface area contributed by atoms with Crippen molar-refractivity contribution in [3.63, 3.8) is 0 Å². The third-order valence-electron chi connectivity index (χ3n) is 3.75. The number of hydrogen-bond acceptors (Lipinski definition) is 3. The maximum absolute atomic E-state index is 5.44. The van der Waals surface area contributed by atoms with Gasteiger partial charge in [0.15, 0.2) is 0 Å². The first-order valence-corrected chi connectivity index (χ1v) is 7.51. The van der Waals surface area contributed by atoms with Crippen LogP contribution in [-0.2, 0) is 6.54 Å². The molecule has 19 heavy (non-hydrogen) atoms. The van der Waals surface area contributed by atoms with Gasteiger partial charge in [0.25, 0.3) is 0 Å². The van der Waals surface area contributed by atoms with Crippen LogP contribution in [0.2, 0.25) is 0 Å². The Balaban J connectivity index is 1.62. The van der Waals surface area contributed by atoms with E-state index in [9.17, 15) is 0 Å². The Morgan fingerprint density at radius 1 is 1.21 bits per heavy atom. The zero-order valence-electron chi connectivity index (χ0n) is 12.0. The Morgan fingerprint density at radius 3 is 2.63 bits per heavy atom. The lowest BCUT2D eigenvalue weighted by Gasteiger charge is -2.22. The normalized spacial score (nSPS) is 16.5. The van der Waals surface area contributed by atoms with Crippen molar-refractivity contribution in [1.29, 1.82) is 0 Å². The van der Waals surface area contributed by atoms with Crippen molar-refractivity contribution in [3.8, 4) is 5.75 Å². The molecule has 2 N–H and O–H groups in total. The predicted molar refractivity (Wildman–Crippen MR) is 79.5 cm³/mol. The molecule has 0 spiro atoms. The Bertz CT molecular complexity index is 344. The molecule has 1 aliphatic heterocycles. The highest BCUT2D eigenvalue weighted by Gasteiger charge is 2.11. The molecule has 0 atom stereocenters. The molecule has 3 nitrogen and oxygen atoms in total. The van der Waals surface area contributed by atoms with E-state index in [1.54, 1.807) is 0 Å². The highest BCUT2D eigenvalue weighted by molar-refractivity contribution is 5.27. The molecule has 1 aromatic rings. The van der Waals surface area contributed by atoms with Gasteiger partial charge in [-0.1, -0.05) is 12.1 Å². The number of benzene rings is 1. The van der Waals surface area contributed by atoms with Gasteiger partial charge in [-0.25, -0.2) is 0 Å². The van der Waals surface area contributed by atoms with Crippen LogP contribution in [0.1, 0.15) is 31.7 Å². The first kappa shape index (κ1) is 14.4. The highest BCUT2D eigenvalue weighted by Crippen LogP contribution is 2.15. The molecule has 1 saturated heterocycles. The average Bonchev–Trinajstić information content (AvgIpc) is 2.47. The molecular formula is C16H26N2O. The Hall–Kier alpha value is -1.06. The number of ether oxygens (including phenoxy) is 1. The van der Waals surface area contributed by atoms with E-state index in [1.807, 2.05) is 19.1 Å². The van der Waals surface area contributed by atoms with E-state index in [2.05, 4.69) is 22.8 Å². The molecule has 0 radical (unpaired) electrons. The van der Waals surface area contributed by atoms with Crippen molar-refractivity contribution in [2.45, 2.75) is 32.7 Å². The summed E-state index contributed by atoms with van der Waals surface area (Å²) >= 11 is 0. The van der Waals surface area contributed by atoms with E-state index in [0.717, 1.165) is 31.4 Å². The number of piperidine rings is 1. The average molecular weight is 262 g/mol. The van der Waals surface area contributed by atoms with Crippen LogP contribution >= 0.6 is 0 Å². The van der Waals surface area contributed by atoms with Gasteiger partial charge in [-0.3, -0.25) is 0 Å². The SMILES string of the molecule is CCOc1ccc(CNCCC2CCNCC2)cc1. The molecular weight excluding hydrogens is 236 g/mol. The lowest BCUT2D eigenvalue weighted by atomic mass is 9.95. The smallest absolute Gasteiger partial charge is 0.119 e. The second kappa shape index (κ2) is 8.18. The maximum atomic E-state index is 5.44. The number of nitrogens with one attached hydrogen (secondary N) is 2. The topological polar surface area (TPSA) is 33.3 Å². The van der Waals surface area contributed by atoms with Crippen molar-refractivity contribution >= 4 is 0 Å². The fourth-order valence-corrected chi connectivity index (χ4v) is 2.58. The minimum Gasteiger partial charge on any atom is -0.494 e. The van der Waals surface area contributed by atoms with E-state index >= 15 is 0 Å². The monoisotopic (exact) mass is 262 g/mol. The molecule has 0 unspecified atom stereocenters. The molecule has 0 aliphatic carbocycles. The van der Waals surface area contributed by atoms with Gasteiger partial charge in [-0.05, 0) is 69.4 Å². The van der Waals surface area contributed by atoms with Crippen molar-refractivity contribution in [2.24, 2.45) is 5.92 Å². The minimum absolute atomic E-state index is 0.730. The van der Waals surface area contributed by atoms with Gasteiger partial charge in [-0.2, -0.15) is 0 Å². The van der Waals surface area contributed by atoms with Crippen molar-refractivity contribution in [1.82, 2.24) is 10.6 Å². The quantitative estimate of drug-likeness (QED) is 0.741. The summed E-state index contributed by atoms with van der Waals surface area (Å²) < 4.78 is 5.44. The molecule has 0 amide bonds. The second-order valence-corrected chi connectivity index (χ2v) is 5.24. The fraction of sp³-hybridized carbons (Fsp3) is 0.625. The summed E-state index contributed by atoms with van der Waals surface area (Å²) in [5, 5.41) is 6.95. The van der Waals surface area contributed by atoms with Crippen molar-refractivity contribution < 1.29 is 4.74 Å². The second-order valence-electron chi connectivity index (χ2n) is 5.24. The number of hydrogen-bond donors (Lipinski definition) is 2. The van der Waals surface area contributed by atoms with Gasteiger partial charge >= 0.3 is 0 Å². The zero-order valence-corrected chi connectivity index (χ0v) is 12.0. The van der Waals surface area contributed by atoms with Gasteiger partial charge in [0.2, 0.25) is 0 Å². The fourth-order valence-electron chi connectivity index (χ4n) is 2.58. The zero-order chi connectivity index (χ0) is 13.3. The lowest BCUT2D eigenvalue weighted by Crippen LogP contribution is -2.29. The van der Waals surface area contributed by atoms with Crippen LogP contribution < -0.4 is 15.4 Å². The summed E-state index contributed by atoms with van der Waals surface area (Å²) in [6.07, 6.45) is 3.98. The third-order valence-corrected chi connectivity index (χ3v) is 3.75. The van der Waals surface area contributed by atoms with Gasteiger partial charge in [0, 0.05) is 6.54 Å². The van der Waals surface area contributed by atoms with E-state index in [1.165, 1.54) is 37.9 Å². The van der Waals surface area contributed by atoms with Gasteiger partial charge in [-0.15, -0.1) is 0 Å². The molecule has 1 heterocycles. The van der Waals surface area contributed by atoms with E-state index in [0.29, 0.717) is 0 Å². The minimum atomic E-state index is 0.730. The molecule has 3 heteroatoms. The summed E-state index contributed by atoms with van der Waals surface area (Å²) in [6, 6.07) is 8.38. The Labute approximate surface area is 116 Å². The van der Waals surface area contributed by atoms with Crippen molar-refractivity contribution in [2.75, 3.05) is 26.2 Å². The summed E-state index contributed by atoms with van der Waals surface area (Å²) in [5.74, 6) is 1.87. The van der Waals surface area contributed by atoms with Crippen LogP contribution in [0.15, 0.2) is 24.3 Å². The van der Waals surface area contributed by atoms with Gasteiger partial charge in [0.05, 0.1) is 6.61 Å². The molecule has 0 aromatic heterocycles. The van der Waals surface area contributed by atoms with Crippen LogP contribution in [0.5, 0.6) is 5.75 Å². The van der Waals surface area contributed by atoms with E-state index < -0.39 is 0 Å². The molecule has 0 saturated carbocycles. The van der Waals surface area contributed by atoms with Crippen molar-refractivity contribution in [3.05, 3.63) is 29.8 Å². The molecule has 1 aliphatic rings. The summed E-state index contributed by atoms with van der Waals surface area (Å²) in [6.45, 7) is 7.21. The van der Waals surface area contributed by atoms with E-state index in [4.69, 9.17) is 4.74 Å².